The van der Waals surface area contributed by atoms with Crippen LogP contribution in [0.2, 0.25) is 0 Å². The summed E-state index contributed by atoms with van der Waals surface area (Å²) in [4.78, 5) is 15.1. The molecule has 1 atom stereocenters. The van der Waals surface area contributed by atoms with Crippen molar-refractivity contribution >= 4 is 11.6 Å². The number of nitrogens with one attached hydrogen (secondary N) is 1. The van der Waals surface area contributed by atoms with Gasteiger partial charge >= 0.3 is 0 Å². The Morgan fingerprint density at radius 3 is 2.70 bits per heavy atom. The fourth-order valence-corrected chi connectivity index (χ4v) is 4.79. The number of aromatic nitrogens is 2. The number of ether oxygens (including phenoxy) is 1. The summed E-state index contributed by atoms with van der Waals surface area (Å²) in [5.41, 5.74) is 3.64. The molecule has 1 saturated carbocycles. The molecule has 1 aliphatic carbocycles. The van der Waals surface area contributed by atoms with Crippen molar-refractivity contribution in [1.82, 2.24) is 15.1 Å². The molecule has 33 heavy (non-hydrogen) atoms. The van der Waals surface area contributed by atoms with Crippen molar-refractivity contribution in [3.8, 4) is 22.6 Å². The molecule has 170 valence electrons. The Labute approximate surface area is 192 Å². The zero-order valence-electron chi connectivity index (χ0n) is 18.6. The summed E-state index contributed by atoms with van der Waals surface area (Å²) in [5.74, 6) is 0.708. The fourth-order valence-electron chi connectivity index (χ4n) is 4.79. The number of anilines is 1. The van der Waals surface area contributed by atoms with Gasteiger partial charge in [0.2, 0.25) is 5.91 Å². The summed E-state index contributed by atoms with van der Waals surface area (Å²) in [5, 5.41) is 7.83. The van der Waals surface area contributed by atoms with E-state index in [1.807, 2.05) is 34.1 Å². The number of carbonyl (C=O) groups is 1. The van der Waals surface area contributed by atoms with E-state index in [1.54, 1.807) is 18.2 Å². The molecule has 1 N–H and O–H groups in total. The van der Waals surface area contributed by atoms with Crippen molar-refractivity contribution in [2.24, 2.45) is 5.92 Å². The van der Waals surface area contributed by atoms with Crippen molar-refractivity contribution in [3.63, 3.8) is 0 Å². The first-order valence-electron chi connectivity index (χ1n) is 11.8. The maximum absolute atomic E-state index is 14.6. The average molecular weight is 447 g/mol. The van der Waals surface area contributed by atoms with E-state index in [2.05, 4.69) is 17.3 Å². The lowest BCUT2D eigenvalue weighted by molar-refractivity contribution is -0.120. The number of carbonyl (C=O) groups excluding carboxylic acids is 1. The van der Waals surface area contributed by atoms with Gasteiger partial charge in [-0.05, 0) is 56.9 Å². The van der Waals surface area contributed by atoms with Crippen LogP contribution in [0.3, 0.4) is 0 Å². The van der Waals surface area contributed by atoms with E-state index in [0.29, 0.717) is 11.8 Å². The van der Waals surface area contributed by atoms with Crippen LogP contribution in [0.25, 0.3) is 11.1 Å². The predicted molar refractivity (Wildman–Crippen MR) is 124 cm³/mol. The molecular formula is C26H27FN4O2. The van der Waals surface area contributed by atoms with E-state index in [1.165, 1.54) is 6.07 Å². The number of para-hydroxylation sites is 1. The average Bonchev–Trinajstić information content (AvgIpc) is 3.53. The summed E-state index contributed by atoms with van der Waals surface area (Å²) in [6.07, 6.45) is 7.40. The molecular weight excluding hydrogens is 419 g/mol. The van der Waals surface area contributed by atoms with Gasteiger partial charge in [-0.2, -0.15) is 5.10 Å². The molecule has 7 heteroatoms. The van der Waals surface area contributed by atoms with Crippen molar-refractivity contribution in [3.05, 3.63) is 60.2 Å². The second-order valence-corrected chi connectivity index (χ2v) is 9.36. The maximum atomic E-state index is 14.6. The van der Waals surface area contributed by atoms with E-state index in [0.717, 1.165) is 61.2 Å². The second kappa shape index (κ2) is 7.99. The van der Waals surface area contributed by atoms with Crippen LogP contribution in [0.15, 0.2) is 48.8 Å². The number of amides is 1. The van der Waals surface area contributed by atoms with E-state index < -0.39 is 5.82 Å². The van der Waals surface area contributed by atoms with Gasteiger partial charge in [0.25, 0.3) is 0 Å². The Balaban J connectivity index is 1.47. The molecule has 0 spiro atoms. The molecule has 1 saturated heterocycles. The molecule has 2 aliphatic heterocycles. The lowest BCUT2D eigenvalue weighted by atomic mass is 9.92. The van der Waals surface area contributed by atoms with E-state index in [-0.39, 0.29) is 23.6 Å². The number of benzene rings is 2. The van der Waals surface area contributed by atoms with Gasteiger partial charge in [0.1, 0.15) is 5.75 Å². The Morgan fingerprint density at radius 2 is 1.97 bits per heavy atom. The van der Waals surface area contributed by atoms with E-state index >= 15 is 0 Å². The highest BCUT2D eigenvalue weighted by Gasteiger charge is 2.39. The van der Waals surface area contributed by atoms with Crippen LogP contribution in [0, 0.1) is 11.7 Å². The molecule has 2 aromatic carbocycles. The highest BCUT2D eigenvalue weighted by molar-refractivity contribution is 5.99. The van der Waals surface area contributed by atoms with Crippen LogP contribution in [0.5, 0.6) is 11.5 Å². The molecule has 3 heterocycles. The molecule has 1 aromatic heterocycles. The lowest BCUT2D eigenvalue weighted by Gasteiger charge is -2.36. The molecule has 0 unspecified atom stereocenters. The Kier molecular flexibility index (Phi) is 4.94. The number of halogens is 1. The summed E-state index contributed by atoms with van der Waals surface area (Å²) < 4.78 is 22.8. The van der Waals surface area contributed by atoms with Gasteiger partial charge in [-0.15, -0.1) is 0 Å². The van der Waals surface area contributed by atoms with Gasteiger partial charge in [-0.25, -0.2) is 4.39 Å². The van der Waals surface area contributed by atoms with Crippen LogP contribution in [-0.2, 0) is 11.2 Å². The van der Waals surface area contributed by atoms with Crippen molar-refractivity contribution in [2.75, 3.05) is 18.0 Å². The molecule has 6 rings (SSSR count). The standard InChI is InChI=1S/C26H27FN4O2/c1-16-6-9-21-23(31(16)26(32)17-7-8-17)11-10-20(18-12-29-30(15-18)19-13-28-14-19)25(21)33-24-5-3-2-4-22(24)27/h2-5,10-12,15-17,19,28H,6-9,13-14H2,1H3/t16-/m0/s1. The molecule has 3 aromatic rings. The van der Waals surface area contributed by atoms with Gasteiger partial charge in [0, 0.05) is 47.9 Å². The minimum atomic E-state index is -0.410. The van der Waals surface area contributed by atoms with E-state index in [4.69, 9.17) is 4.74 Å². The molecule has 3 aliphatic rings. The zero-order valence-corrected chi connectivity index (χ0v) is 18.6. The molecule has 0 bridgehead atoms. The molecule has 0 radical (unpaired) electrons. The summed E-state index contributed by atoms with van der Waals surface area (Å²) in [6, 6.07) is 10.9. The molecule has 1 amide bonds. The molecule has 2 fully saturated rings. The van der Waals surface area contributed by atoms with Crippen LogP contribution in [0.4, 0.5) is 10.1 Å². The maximum Gasteiger partial charge on any atom is 0.230 e. The first kappa shape index (κ1) is 20.4. The number of fused-ring (bicyclic) bond motifs is 1. The second-order valence-electron chi connectivity index (χ2n) is 9.36. The van der Waals surface area contributed by atoms with Crippen LogP contribution in [0.1, 0.15) is 37.8 Å². The predicted octanol–water partition coefficient (Wildman–Crippen LogP) is 4.70. The van der Waals surface area contributed by atoms with Crippen molar-refractivity contribution in [1.29, 1.82) is 0 Å². The van der Waals surface area contributed by atoms with Gasteiger partial charge in [-0.3, -0.25) is 9.48 Å². The monoisotopic (exact) mass is 446 g/mol. The Morgan fingerprint density at radius 1 is 1.15 bits per heavy atom. The van der Waals surface area contributed by atoms with Gasteiger partial charge in [0.05, 0.1) is 17.9 Å². The number of hydrogen-bond acceptors (Lipinski definition) is 4. The highest BCUT2D eigenvalue weighted by Crippen LogP contribution is 2.46. The largest absolute Gasteiger partial charge is 0.453 e. The first-order valence-corrected chi connectivity index (χ1v) is 11.8. The van der Waals surface area contributed by atoms with Crippen LogP contribution >= 0.6 is 0 Å². The fraction of sp³-hybridized carbons (Fsp3) is 0.385. The van der Waals surface area contributed by atoms with E-state index in [9.17, 15) is 9.18 Å². The first-order chi connectivity index (χ1) is 16.1. The van der Waals surface area contributed by atoms with Crippen LogP contribution < -0.4 is 15.0 Å². The zero-order chi connectivity index (χ0) is 22.5. The molecule has 6 nitrogen and oxygen atoms in total. The van der Waals surface area contributed by atoms with Crippen molar-refractivity contribution in [2.45, 2.75) is 44.7 Å². The van der Waals surface area contributed by atoms with Gasteiger partial charge in [-0.1, -0.05) is 12.1 Å². The quantitative estimate of drug-likeness (QED) is 0.617. The third-order valence-electron chi connectivity index (χ3n) is 7.01. The summed E-state index contributed by atoms with van der Waals surface area (Å²) in [6.45, 7) is 3.91. The lowest BCUT2D eigenvalue weighted by Crippen LogP contribution is -2.43. The minimum absolute atomic E-state index is 0.128. The SMILES string of the molecule is C[C@H]1CCc2c(ccc(-c3cnn(C4CNC4)c3)c2Oc2ccccc2F)N1C(=O)C1CC1. The highest BCUT2D eigenvalue weighted by atomic mass is 19.1. The van der Waals surface area contributed by atoms with Gasteiger partial charge in [0.15, 0.2) is 11.6 Å². The Bertz CT molecular complexity index is 1210. The topological polar surface area (TPSA) is 59.4 Å². The Hall–Kier alpha value is -3.19. The third kappa shape index (κ3) is 3.60. The summed E-state index contributed by atoms with van der Waals surface area (Å²) >= 11 is 0. The number of hydrogen-bond donors (Lipinski definition) is 1. The number of rotatable bonds is 5. The third-order valence-corrected chi connectivity index (χ3v) is 7.01. The smallest absolute Gasteiger partial charge is 0.230 e. The minimum Gasteiger partial charge on any atom is -0.453 e. The summed E-state index contributed by atoms with van der Waals surface area (Å²) in [7, 11) is 0. The van der Waals surface area contributed by atoms with Gasteiger partial charge < -0.3 is 15.0 Å². The van der Waals surface area contributed by atoms with Crippen LogP contribution in [-0.4, -0.2) is 34.8 Å². The van der Waals surface area contributed by atoms with Crippen molar-refractivity contribution < 1.29 is 13.9 Å². The number of nitrogens with zero attached hydrogens (tertiary/aromatic N) is 3. The normalized spacial score (nSPS) is 20.3.